The van der Waals surface area contributed by atoms with Gasteiger partial charge in [-0.05, 0) is 52.6 Å². The Labute approximate surface area is 102 Å². The van der Waals surface area contributed by atoms with E-state index in [9.17, 15) is 4.79 Å². The van der Waals surface area contributed by atoms with Gasteiger partial charge in [0.1, 0.15) is 4.88 Å². The third kappa shape index (κ3) is 2.61. The van der Waals surface area contributed by atoms with Gasteiger partial charge in [-0.2, -0.15) is 0 Å². The van der Waals surface area contributed by atoms with Crippen LogP contribution >= 0.6 is 27.3 Å². The van der Waals surface area contributed by atoms with E-state index in [0.717, 1.165) is 28.1 Å². The highest BCUT2D eigenvalue weighted by Crippen LogP contribution is 2.26. The minimum absolute atomic E-state index is 0.0657. The predicted molar refractivity (Wildman–Crippen MR) is 66.3 cm³/mol. The lowest BCUT2D eigenvalue weighted by Gasteiger charge is -2.11. The molecule has 0 radical (unpaired) electrons. The fraction of sp³-hybridized carbons (Fsp3) is 0.545. The second kappa shape index (κ2) is 4.66. The fourth-order valence-corrected chi connectivity index (χ4v) is 3.50. The Morgan fingerprint density at radius 3 is 2.93 bits per heavy atom. The van der Waals surface area contributed by atoms with Gasteiger partial charge in [-0.25, -0.2) is 0 Å². The van der Waals surface area contributed by atoms with E-state index in [1.807, 2.05) is 11.4 Å². The molecule has 1 N–H and O–H groups in total. The lowest BCUT2D eigenvalue weighted by Crippen LogP contribution is -2.32. The Morgan fingerprint density at radius 1 is 1.60 bits per heavy atom. The largest absolute Gasteiger partial charge is 0.349 e. The van der Waals surface area contributed by atoms with E-state index in [1.54, 1.807) is 0 Å². The van der Waals surface area contributed by atoms with Crippen LogP contribution in [0.4, 0.5) is 0 Å². The average molecular weight is 288 g/mol. The van der Waals surface area contributed by atoms with Crippen molar-refractivity contribution in [1.82, 2.24) is 5.32 Å². The first-order chi connectivity index (χ1) is 7.16. The highest BCUT2D eigenvalue weighted by molar-refractivity contribution is 9.10. The van der Waals surface area contributed by atoms with Crippen LogP contribution in [-0.4, -0.2) is 11.9 Å². The van der Waals surface area contributed by atoms with Crippen molar-refractivity contribution in [3.8, 4) is 0 Å². The van der Waals surface area contributed by atoms with Crippen molar-refractivity contribution in [3.05, 3.63) is 20.8 Å². The SMILES string of the molecule is CC1CCC(NC(=O)c2sccc2Br)C1. The Balaban J connectivity index is 1.96. The molecule has 1 aliphatic rings. The average Bonchev–Trinajstić information content (AvgIpc) is 2.75. The van der Waals surface area contributed by atoms with Crippen molar-refractivity contribution in [3.63, 3.8) is 0 Å². The van der Waals surface area contributed by atoms with E-state index in [1.165, 1.54) is 17.8 Å². The summed E-state index contributed by atoms with van der Waals surface area (Å²) in [6.07, 6.45) is 3.47. The van der Waals surface area contributed by atoms with Crippen LogP contribution in [0, 0.1) is 5.92 Å². The normalized spacial score (nSPS) is 25.5. The summed E-state index contributed by atoms with van der Waals surface area (Å²) in [6, 6.07) is 2.29. The Morgan fingerprint density at radius 2 is 2.40 bits per heavy atom. The topological polar surface area (TPSA) is 29.1 Å². The van der Waals surface area contributed by atoms with Gasteiger partial charge in [0.05, 0.1) is 0 Å². The highest BCUT2D eigenvalue weighted by atomic mass is 79.9. The van der Waals surface area contributed by atoms with E-state index in [4.69, 9.17) is 0 Å². The standard InChI is InChI=1S/C11H14BrNOS/c1-7-2-3-8(6-7)13-11(14)10-9(12)4-5-15-10/h4-5,7-8H,2-3,6H2,1H3,(H,13,14). The van der Waals surface area contributed by atoms with Gasteiger partial charge < -0.3 is 5.32 Å². The maximum atomic E-state index is 11.9. The number of carbonyl (C=O) groups is 1. The molecular weight excluding hydrogens is 274 g/mol. The number of hydrogen-bond acceptors (Lipinski definition) is 2. The Hall–Kier alpha value is -0.350. The molecule has 0 aromatic carbocycles. The van der Waals surface area contributed by atoms with Crippen molar-refractivity contribution in [2.45, 2.75) is 32.2 Å². The summed E-state index contributed by atoms with van der Waals surface area (Å²) in [5, 5.41) is 5.02. The molecule has 2 nitrogen and oxygen atoms in total. The van der Waals surface area contributed by atoms with Crippen LogP contribution in [0.25, 0.3) is 0 Å². The summed E-state index contributed by atoms with van der Waals surface area (Å²) < 4.78 is 0.899. The first kappa shape index (κ1) is 11.1. The molecule has 1 fully saturated rings. The van der Waals surface area contributed by atoms with Crippen LogP contribution in [0.15, 0.2) is 15.9 Å². The van der Waals surface area contributed by atoms with E-state index in [-0.39, 0.29) is 5.91 Å². The monoisotopic (exact) mass is 287 g/mol. The second-order valence-corrected chi connectivity index (χ2v) is 5.96. The molecule has 1 amide bonds. The van der Waals surface area contributed by atoms with Gasteiger partial charge in [0.15, 0.2) is 0 Å². The molecule has 0 bridgehead atoms. The summed E-state index contributed by atoms with van der Waals surface area (Å²) in [6.45, 7) is 2.24. The number of nitrogens with one attached hydrogen (secondary N) is 1. The maximum Gasteiger partial charge on any atom is 0.262 e. The lowest BCUT2D eigenvalue weighted by molar-refractivity contribution is 0.0940. The number of rotatable bonds is 2. The molecule has 1 heterocycles. The van der Waals surface area contributed by atoms with Crippen LogP contribution in [0.3, 0.4) is 0 Å². The second-order valence-electron chi connectivity index (χ2n) is 4.19. The number of hydrogen-bond donors (Lipinski definition) is 1. The van der Waals surface area contributed by atoms with E-state index in [0.29, 0.717) is 6.04 Å². The zero-order chi connectivity index (χ0) is 10.8. The van der Waals surface area contributed by atoms with Crippen LogP contribution in [0.5, 0.6) is 0 Å². The molecule has 2 unspecified atom stereocenters. The molecule has 0 spiro atoms. The van der Waals surface area contributed by atoms with Gasteiger partial charge in [0.25, 0.3) is 5.91 Å². The van der Waals surface area contributed by atoms with Crippen molar-refractivity contribution in [1.29, 1.82) is 0 Å². The third-order valence-corrected chi connectivity index (χ3v) is 4.69. The van der Waals surface area contributed by atoms with Crippen molar-refractivity contribution >= 4 is 33.2 Å². The van der Waals surface area contributed by atoms with Crippen LogP contribution < -0.4 is 5.32 Å². The molecule has 0 aliphatic heterocycles. The highest BCUT2D eigenvalue weighted by Gasteiger charge is 2.23. The molecule has 1 aromatic rings. The molecule has 1 aliphatic carbocycles. The van der Waals surface area contributed by atoms with Crippen molar-refractivity contribution in [2.75, 3.05) is 0 Å². The van der Waals surface area contributed by atoms with Crippen LogP contribution in [0.1, 0.15) is 35.9 Å². The van der Waals surface area contributed by atoms with Crippen LogP contribution in [0.2, 0.25) is 0 Å². The Kier molecular flexibility index (Phi) is 3.46. The minimum atomic E-state index is 0.0657. The van der Waals surface area contributed by atoms with Crippen LogP contribution in [-0.2, 0) is 0 Å². The molecule has 2 rings (SSSR count). The number of halogens is 1. The van der Waals surface area contributed by atoms with E-state index < -0.39 is 0 Å². The van der Waals surface area contributed by atoms with Crippen molar-refractivity contribution < 1.29 is 4.79 Å². The fourth-order valence-electron chi connectivity index (χ4n) is 2.04. The van der Waals surface area contributed by atoms with Gasteiger partial charge in [-0.3, -0.25) is 4.79 Å². The molecule has 2 atom stereocenters. The van der Waals surface area contributed by atoms with E-state index in [2.05, 4.69) is 28.2 Å². The molecule has 1 aromatic heterocycles. The molecule has 1 saturated carbocycles. The summed E-state index contributed by atoms with van der Waals surface area (Å²) in [4.78, 5) is 12.6. The summed E-state index contributed by atoms with van der Waals surface area (Å²) in [7, 11) is 0. The third-order valence-electron chi connectivity index (χ3n) is 2.85. The summed E-state index contributed by atoms with van der Waals surface area (Å²) in [5.74, 6) is 0.818. The quantitative estimate of drug-likeness (QED) is 0.887. The summed E-state index contributed by atoms with van der Waals surface area (Å²) >= 11 is 4.86. The maximum absolute atomic E-state index is 11.9. The molecule has 4 heteroatoms. The Bertz CT molecular complexity index is 363. The lowest BCUT2D eigenvalue weighted by atomic mass is 10.1. The first-order valence-corrected chi connectivity index (χ1v) is 6.88. The number of amides is 1. The first-order valence-electron chi connectivity index (χ1n) is 5.20. The van der Waals surface area contributed by atoms with Gasteiger partial charge in [0.2, 0.25) is 0 Å². The molecule has 82 valence electrons. The van der Waals surface area contributed by atoms with Gasteiger partial charge in [-0.15, -0.1) is 11.3 Å². The summed E-state index contributed by atoms with van der Waals surface area (Å²) in [5.41, 5.74) is 0. The van der Waals surface area contributed by atoms with Crippen molar-refractivity contribution in [2.24, 2.45) is 5.92 Å². The number of thiophene rings is 1. The van der Waals surface area contributed by atoms with E-state index >= 15 is 0 Å². The minimum Gasteiger partial charge on any atom is -0.349 e. The van der Waals surface area contributed by atoms with Gasteiger partial charge in [0, 0.05) is 10.5 Å². The van der Waals surface area contributed by atoms with Gasteiger partial charge >= 0.3 is 0 Å². The number of carbonyl (C=O) groups excluding carboxylic acids is 1. The zero-order valence-electron chi connectivity index (χ0n) is 8.63. The smallest absolute Gasteiger partial charge is 0.262 e. The zero-order valence-corrected chi connectivity index (χ0v) is 11.0. The molecule has 0 saturated heterocycles. The molecular formula is C11H14BrNOS. The van der Waals surface area contributed by atoms with Gasteiger partial charge in [-0.1, -0.05) is 6.92 Å². The molecule has 15 heavy (non-hydrogen) atoms. The predicted octanol–water partition coefficient (Wildman–Crippen LogP) is 3.43.